The summed E-state index contributed by atoms with van der Waals surface area (Å²) >= 11 is 4.99. The lowest BCUT2D eigenvalue weighted by Gasteiger charge is -2.03. The zero-order chi connectivity index (χ0) is 7.56. The van der Waals surface area contributed by atoms with Crippen LogP contribution in [0.4, 0.5) is 0 Å². The predicted octanol–water partition coefficient (Wildman–Crippen LogP) is 1.76. The number of H-pyrrole nitrogens is 1. The zero-order valence-corrected chi connectivity index (χ0v) is 6.61. The van der Waals surface area contributed by atoms with Crippen molar-refractivity contribution in [3.05, 3.63) is 28.5 Å². The van der Waals surface area contributed by atoms with Crippen LogP contribution in [0.2, 0.25) is 0 Å². The minimum atomic E-state index is 0.0185. The van der Waals surface area contributed by atoms with E-state index in [2.05, 4.69) is 4.98 Å². The molecule has 0 spiro atoms. The van der Waals surface area contributed by atoms with Crippen molar-refractivity contribution in [2.75, 3.05) is 0 Å². The Morgan fingerprint density at radius 1 is 1.70 bits per heavy atom. The van der Waals surface area contributed by atoms with Crippen molar-refractivity contribution >= 4 is 12.2 Å². The van der Waals surface area contributed by atoms with E-state index in [0.29, 0.717) is 0 Å². The van der Waals surface area contributed by atoms with Crippen LogP contribution in [0.3, 0.4) is 0 Å². The third-order valence-corrected chi connectivity index (χ3v) is 1.69. The number of nitrogens with one attached hydrogen (secondary N) is 1. The Morgan fingerprint density at radius 2 is 2.40 bits per heavy atom. The maximum atomic E-state index is 5.63. The van der Waals surface area contributed by atoms with Crippen LogP contribution in [0.1, 0.15) is 18.5 Å². The molecule has 1 unspecified atom stereocenters. The van der Waals surface area contributed by atoms with Gasteiger partial charge in [0.05, 0.1) is 0 Å². The van der Waals surface area contributed by atoms with Gasteiger partial charge >= 0.3 is 0 Å². The number of aromatic amines is 1. The second kappa shape index (κ2) is 2.94. The molecule has 0 aliphatic heterocycles. The van der Waals surface area contributed by atoms with Crippen LogP contribution in [-0.4, -0.2) is 4.98 Å². The van der Waals surface area contributed by atoms with Crippen molar-refractivity contribution in [2.24, 2.45) is 5.73 Å². The van der Waals surface area contributed by atoms with Gasteiger partial charge in [0.1, 0.15) is 4.64 Å². The Kier molecular flexibility index (Phi) is 2.19. The van der Waals surface area contributed by atoms with Gasteiger partial charge < -0.3 is 10.7 Å². The van der Waals surface area contributed by atoms with E-state index < -0.39 is 0 Å². The maximum absolute atomic E-state index is 5.63. The first-order valence-electron chi connectivity index (χ1n) is 3.15. The molecule has 0 saturated carbocycles. The van der Waals surface area contributed by atoms with E-state index in [1.807, 2.05) is 19.1 Å². The molecular formula is C7H10N2S. The van der Waals surface area contributed by atoms with Gasteiger partial charge in [-0.25, -0.2) is 0 Å². The molecule has 10 heavy (non-hydrogen) atoms. The molecule has 0 aromatic carbocycles. The molecule has 0 amide bonds. The maximum Gasteiger partial charge on any atom is 0.108 e. The van der Waals surface area contributed by atoms with Gasteiger partial charge in [0, 0.05) is 17.8 Å². The summed E-state index contributed by atoms with van der Waals surface area (Å²) in [6.45, 7) is 1.92. The number of rotatable bonds is 1. The van der Waals surface area contributed by atoms with Gasteiger partial charge in [-0.2, -0.15) is 0 Å². The van der Waals surface area contributed by atoms with Crippen LogP contribution in [0.5, 0.6) is 0 Å². The van der Waals surface area contributed by atoms with Crippen LogP contribution >= 0.6 is 12.2 Å². The Bertz CT molecular complexity index is 264. The van der Waals surface area contributed by atoms with Crippen LogP contribution in [-0.2, 0) is 0 Å². The molecule has 0 saturated heterocycles. The Labute approximate surface area is 65.1 Å². The predicted molar refractivity (Wildman–Crippen MR) is 44.2 cm³/mol. The summed E-state index contributed by atoms with van der Waals surface area (Å²) in [6, 6.07) is 3.85. The van der Waals surface area contributed by atoms with E-state index >= 15 is 0 Å². The largest absolute Gasteiger partial charge is 0.353 e. The molecule has 1 rings (SSSR count). The van der Waals surface area contributed by atoms with Crippen molar-refractivity contribution in [1.29, 1.82) is 0 Å². The van der Waals surface area contributed by atoms with Gasteiger partial charge in [-0.05, 0) is 13.0 Å². The van der Waals surface area contributed by atoms with E-state index in [1.165, 1.54) is 0 Å². The average molecular weight is 154 g/mol. The fourth-order valence-corrected chi connectivity index (χ4v) is 1.12. The zero-order valence-electron chi connectivity index (χ0n) is 5.79. The SMILES string of the molecule is CC(N)c1ccc[nH]c1=S. The molecule has 0 aliphatic rings. The normalized spacial score (nSPS) is 13.0. The number of nitrogens with two attached hydrogens (primary N) is 1. The van der Waals surface area contributed by atoms with E-state index in [1.54, 1.807) is 6.20 Å². The summed E-state index contributed by atoms with van der Waals surface area (Å²) in [5, 5.41) is 0. The number of hydrogen-bond acceptors (Lipinski definition) is 2. The standard InChI is InChI=1S/C7H10N2S/c1-5(8)6-3-2-4-9-7(6)10/h2-5H,8H2,1H3,(H,9,10). The summed E-state index contributed by atoms with van der Waals surface area (Å²) in [7, 11) is 0. The smallest absolute Gasteiger partial charge is 0.108 e. The van der Waals surface area contributed by atoms with Crippen LogP contribution in [0.15, 0.2) is 18.3 Å². The first-order valence-corrected chi connectivity index (χ1v) is 3.56. The summed E-state index contributed by atoms with van der Waals surface area (Å²) < 4.78 is 0.734. The first-order chi connectivity index (χ1) is 4.72. The molecule has 0 aliphatic carbocycles. The van der Waals surface area contributed by atoms with E-state index in [0.717, 1.165) is 10.2 Å². The van der Waals surface area contributed by atoms with Crippen molar-refractivity contribution in [2.45, 2.75) is 13.0 Å². The molecule has 3 N–H and O–H groups in total. The molecular weight excluding hydrogens is 144 g/mol. The lowest BCUT2D eigenvalue weighted by Crippen LogP contribution is -2.05. The fourth-order valence-electron chi connectivity index (χ4n) is 0.793. The molecule has 1 aromatic heterocycles. The molecule has 0 radical (unpaired) electrons. The quantitative estimate of drug-likeness (QED) is 0.605. The Morgan fingerprint density at radius 3 is 2.80 bits per heavy atom. The van der Waals surface area contributed by atoms with E-state index in [4.69, 9.17) is 18.0 Å². The van der Waals surface area contributed by atoms with Gasteiger partial charge in [0.15, 0.2) is 0 Å². The number of aromatic nitrogens is 1. The molecule has 54 valence electrons. The van der Waals surface area contributed by atoms with Crippen molar-refractivity contribution in [3.8, 4) is 0 Å². The van der Waals surface area contributed by atoms with Crippen molar-refractivity contribution in [1.82, 2.24) is 4.98 Å². The number of hydrogen-bond donors (Lipinski definition) is 2. The number of pyridine rings is 1. The molecule has 0 fully saturated rings. The van der Waals surface area contributed by atoms with Crippen LogP contribution < -0.4 is 5.73 Å². The first kappa shape index (κ1) is 7.44. The third-order valence-electron chi connectivity index (χ3n) is 1.34. The van der Waals surface area contributed by atoms with Gasteiger partial charge in [-0.3, -0.25) is 0 Å². The topological polar surface area (TPSA) is 41.8 Å². The highest BCUT2D eigenvalue weighted by Crippen LogP contribution is 2.07. The molecule has 0 bridgehead atoms. The fraction of sp³-hybridized carbons (Fsp3) is 0.286. The second-order valence-corrected chi connectivity index (χ2v) is 2.65. The Balaban J connectivity index is 3.16. The van der Waals surface area contributed by atoms with Crippen LogP contribution in [0, 0.1) is 4.64 Å². The summed E-state index contributed by atoms with van der Waals surface area (Å²) in [5.74, 6) is 0. The summed E-state index contributed by atoms with van der Waals surface area (Å²) in [5.41, 5.74) is 6.63. The van der Waals surface area contributed by atoms with Gasteiger partial charge in [0.25, 0.3) is 0 Å². The molecule has 1 aromatic rings. The van der Waals surface area contributed by atoms with Gasteiger partial charge in [0.2, 0.25) is 0 Å². The highest BCUT2D eigenvalue weighted by atomic mass is 32.1. The van der Waals surface area contributed by atoms with Gasteiger partial charge in [-0.15, -0.1) is 0 Å². The lowest BCUT2D eigenvalue weighted by atomic mass is 10.2. The summed E-state index contributed by atoms with van der Waals surface area (Å²) in [6.07, 6.45) is 1.80. The lowest BCUT2D eigenvalue weighted by molar-refractivity contribution is 0.807. The minimum Gasteiger partial charge on any atom is -0.353 e. The average Bonchev–Trinajstić information content (AvgIpc) is 1.88. The monoisotopic (exact) mass is 154 g/mol. The van der Waals surface area contributed by atoms with Gasteiger partial charge in [-0.1, -0.05) is 18.3 Å². The van der Waals surface area contributed by atoms with Crippen molar-refractivity contribution < 1.29 is 0 Å². The highest BCUT2D eigenvalue weighted by Gasteiger charge is 1.98. The van der Waals surface area contributed by atoms with Crippen molar-refractivity contribution in [3.63, 3.8) is 0 Å². The summed E-state index contributed by atoms with van der Waals surface area (Å²) in [4.78, 5) is 2.92. The molecule has 3 heteroatoms. The van der Waals surface area contributed by atoms with E-state index in [-0.39, 0.29) is 6.04 Å². The minimum absolute atomic E-state index is 0.0185. The Hall–Kier alpha value is -0.670. The highest BCUT2D eigenvalue weighted by molar-refractivity contribution is 7.71. The third kappa shape index (κ3) is 1.43. The second-order valence-electron chi connectivity index (χ2n) is 2.24. The van der Waals surface area contributed by atoms with Crippen LogP contribution in [0.25, 0.3) is 0 Å². The molecule has 1 atom stereocenters. The molecule has 1 heterocycles. The molecule has 2 nitrogen and oxygen atoms in total. The van der Waals surface area contributed by atoms with E-state index in [9.17, 15) is 0 Å².